The molecule has 0 aliphatic carbocycles. The van der Waals surface area contributed by atoms with Gasteiger partial charge in [-0.15, -0.1) is 0 Å². The number of nitrogens with one attached hydrogen (secondary N) is 1. The molecule has 0 aromatic heterocycles. The molecule has 0 amide bonds. The molecule has 1 N–H and O–H groups in total. The Labute approximate surface area is 107 Å². The van der Waals surface area contributed by atoms with Crippen molar-refractivity contribution in [2.24, 2.45) is 5.10 Å². The lowest BCUT2D eigenvalue weighted by atomic mass is 10.2. The fraction of sp³-hybridized carbons (Fsp3) is 0.364. The van der Waals surface area contributed by atoms with Crippen LogP contribution in [0.1, 0.15) is 26.7 Å². The Morgan fingerprint density at radius 1 is 1.35 bits per heavy atom. The Bertz CT molecular complexity index is 495. The van der Waals surface area contributed by atoms with Crippen LogP contribution < -0.4 is 4.83 Å². The maximum Gasteiger partial charge on any atom is 0.276 e. The number of rotatable bonds is 5. The third-order valence-electron chi connectivity index (χ3n) is 2.09. The third-order valence-corrected chi connectivity index (χ3v) is 3.57. The molecule has 0 aliphatic rings. The molecule has 17 heavy (non-hydrogen) atoms. The maximum absolute atomic E-state index is 11.8. The van der Waals surface area contributed by atoms with E-state index < -0.39 is 10.0 Å². The number of sulfonamides is 1. The maximum atomic E-state index is 11.8. The van der Waals surface area contributed by atoms with E-state index in [4.69, 9.17) is 11.6 Å². The normalized spacial score (nSPS) is 12.5. The Morgan fingerprint density at radius 3 is 2.47 bits per heavy atom. The molecule has 4 nitrogen and oxygen atoms in total. The highest BCUT2D eigenvalue weighted by Gasteiger charge is 2.12. The van der Waals surface area contributed by atoms with E-state index in [1.54, 1.807) is 6.92 Å². The minimum absolute atomic E-state index is 0.148. The zero-order chi connectivity index (χ0) is 12.9. The van der Waals surface area contributed by atoms with Crippen molar-refractivity contribution < 1.29 is 8.42 Å². The average molecular weight is 275 g/mol. The van der Waals surface area contributed by atoms with E-state index in [9.17, 15) is 8.42 Å². The standard InChI is InChI=1S/C11H15ClN2O2S/c1-3-4-9(2)13-14-17(15,16)11-7-5-10(12)6-8-11/h5-8,14H,3-4H2,1-2H3. The Hall–Kier alpha value is -1.07. The van der Waals surface area contributed by atoms with Crippen molar-refractivity contribution in [1.82, 2.24) is 4.83 Å². The lowest BCUT2D eigenvalue weighted by Crippen LogP contribution is -2.19. The van der Waals surface area contributed by atoms with Crippen LogP contribution in [-0.4, -0.2) is 14.1 Å². The predicted molar refractivity (Wildman–Crippen MR) is 69.8 cm³/mol. The summed E-state index contributed by atoms with van der Waals surface area (Å²) >= 11 is 5.69. The number of benzene rings is 1. The molecule has 1 aromatic rings. The molecular weight excluding hydrogens is 260 g/mol. The largest absolute Gasteiger partial charge is 0.276 e. The highest BCUT2D eigenvalue weighted by Crippen LogP contribution is 2.13. The molecule has 1 aromatic carbocycles. The highest BCUT2D eigenvalue weighted by atomic mass is 35.5. The molecule has 0 spiro atoms. The zero-order valence-corrected chi connectivity index (χ0v) is 11.3. The number of hydrogen-bond acceptors (Lipinski definition) is 3. The fourth-order valence-corrected chi connectivity index (χ4v) is 2.22. The van der Waals surface area contributed by atoms with Crippen LogP contribution in [0, 0.1) is 0 Å². The van der Waals surface area contributed by atoms with E-state index in [1.165, 1.54) is 24.3 Å². The minimum atomic E-state index is -3.59. The molecule has 94 valence electrons. The summed E-state index contributed by atoms with van der Waals surface area (Å²) in [5, 5.41) is 4.33. The SMILES string of the molecule is CCCC(C)=NNS(=O)(=O)c1ccc(Cl)cc1. The van der Waals surface area contributed by atoms with E-state index in [0.29, 0.717) is 5.02 Å². The number of halogens is 1. The summed E-state index contributed by atoms with van der Waals surface area (Å²) in [6.45, 7) is 3.79. The summed E-state index contributed by atoms with van der Waals surface area (Å²) in [5.41, 5.74) is 0.755. The van der Waals surface area contributed by atoms with Crippen LogP contribution in [-0.2, 0) is 10.0 Å². The van der Waals surface area contributed by atoms with Crippen LogP contribution in [0.5, 0.6) is 0 Å². The monoisotopic (exact) mass is 274 g/mol. The van der Waals surface area contributed by atoms with Gasteiger partial charge in [-0.05, 0) is 37.6 Å². The van der Waals surface area contributed by atoms with Crippen LogP contribution in [0.2, 0.25) is 5.02 Å². The van der Waals surface area contributed by atoms with Gasteiger partial charge in [-0.1, -0.05) is 24.9 Å². The Morgan fingerprint density at radius 2 is 1.94 bits per heavy atom. The minimum Gasteiger partial charge on any atom is -0.200 e. The predicted octanol–water partition coefficient (Wildman–Crippen LogP) is 2.79. The van der Waals surface area contributed by atoms with E-state index in [0.717, 1.165) is 18.6 Å². The number of hydrogen-bond donors (Lipinski definition) is 1. The van der Waals surface area contributed by atoms with Crippen molar-refractivity contribution in [2.75, 3.05) is 0 Å². The van der Waals surface area contributed by atoms with Crippen molar-refractivity contribution >= 4 is 27.3 Å². The van der Waals surface area contributed by atoms with Crippen molar-refractivity contribution in [3.05, 3.63) is 29.3 Å². The second kappa shape index (κ2) is 6.02. The molecule has 0 heterocycles. The second-order valence-corrected chi connectivity index (χ2v) is 5.74. The van der Waals surface area contributed by atoms with Crippen molar-refractivity contribution in [3.63, 3.8) is 0 Å². The quantitative estimate of drug-likeness (QED) is 0.663. The first kappa shape index (κ1) is 14.0. The van der Waals surface area contributed by atoms with Gasteiger partial charge in [0.1, 0.15) is 0 Å². The van der Waals surface area contributed by atoms with E-state index in [-0.39, 0.29) is 4.90 Å². The van der Waals surface area contributed by atoms with Gasteiger partial charge in [-0.25, -0.2) is 4.83 Å². The fourth-order valence-electron chi connectivity index (χ4n) is 1.22. The molecular formula is C11H15ClN2O2S. The average Bonchev–Trinajstić information content (AvgIpc) is 2.28. The Kier molecular flexibility index (Phi) is 4.96. The molecule has 0 atom stereocenters. The Balaban J connectivity index is 2.82. The van der Waals surface area contributed by atoms with Crippen molar-refractivity contribution in [2.45, 2.75) is 31.6 Å². The zero-order valence-electron chi connectivity index (χ0n) is 9.77. The first-order valence-electron chi connectivity index (χ1n) is 5.26. The van der Waals surface area contributed by atoms with Gasteiger partial charge in [-0.2, -0.15) is 13.5 Å². The smallest absolute Gasteiger partial charge is 0.200 e. The number of hydrazone groups is 1. The summed E-state index contributed by atoms with van der Waals surface area (Å²) in [5.74, 6) is 0. The summed E-state index contributed by atoms with van der Waals surface area (Å²) in [4.78, 5) is 2.34. The van der Waals surface area contributed by atoms with Gasteiger partial charge in [0.05, 0.1) is 4.90 Å². The number of nitrogens with zero attached hydrogens (tertiary/aromatic N) is 1. The first-order valence-corrected chi connectivity index (χ1v) is 7.12. The van der Waals surface area contributed by atoms with Crippen LogP contribution in [0.15, 0.2) is 34.3 Å². The van der Waals surface area contributed by atoms with Gasteiger partial charge in [-0.3, -0.25) is 0 Å². The van der Waals surface area contributed by atoms with Gasteiger partial charge < -0.3 is 0 Å². The second-order valence-electron chi connectivity index (χ2n) is 3.65. The van der Waals surface area contributed by atoms with Crippen LogP contribution in [0.4, 0.5) is 0 Å². The lowest BCUT2D eigenvalue weighted by molar-refractivity contribution is 0.584. The molecule has 0 unspecified atom stereocenters. The van der Waals surface area contributed by atoms with Crippen molar-refractivity contribution in [1.29, 1.82) is 0 Å². The molecule has 0 saturated carbocycles. The molecule has 0 fully saturated rings. The summed E-state index contributed by atoms with van der Waals surface area (Å²) in [6, 6.07) is 5.93. The molecule has 6 heteroatoms. The van der Waals surface area contributed by atoms with Crippen LogP contribution in [0.3, 0.4) is 0 Å². The van der Waals surface area contributed by atoms with E-state index >= 15 is 0 Å². The van der Waals surface area contributed by atoms with Gasteiger partial charge >= 0.3 is 0 Å². The van der Waals surface area contributed by atoms with Gasteiger partial charge in [0.2, 0.25) is 0 Å². The van der Waals surface area contributed by atoms with Gasteiger partial charge in [0, 0.05) is 10.7 Å². The molecule has 0 radical (unpaired) electrons. The molecule has 1 rings (SSSR count). The highest BCUT2D eigenvalue weighted by molar-refractivity contribution is 7.89. The van der Waals surface area contributed by atoms with Gasteiger partial charge in [0.25, 0.3) is 10.0 Å². The molecule has 0 bridgehead atoms. The van der Waals surface area contributed by atoms with Crippen LogP contribution >= 0.6 is 11.6 Å². The van der Waals surface area contributed by atoms with E-state index in [1.807, 2.05) is 6.92 Å². The summed E-state index contributed by atoms with van der Waals surface area (Å²) < 4.78 is 23.6. The van der Waals surface area contributed by atoms with E-state index in [2.05, 4.69) is 9.93 Å². The van der Waals surface area contributed by atoms with Crippen LogP contribution in [0.25, 0.3) is 0 Å². The lowest BCUT2D eigenvalue weighted by Gasteiger charge is -2.04. The summed E-state index contributed by atoms with van der Waals surface area (Å²) in [6.07, 6.45) is 1.70. The first-order chi connectivity index (χ1) is 7.95. The topological polar surface area (TPSA) is 58.5 Å². The third kappa shape index (κ3) is 4.36. The van der Waals surface area contributed by atoms with Gasteiger partial charge in [0.15, 0.2) is 0 Å². The van der Waals surface area contributed by atoms with Crippen molar-refractivity contribution in [3.8, 4) is 0 Å². The molecule has 0 saturated heterocycles. The molecule has 0 aliphatic heterocycles. The summed E-state index contributed by atoms with van der Waals surface area (Å²) in [7, 11) is -3.59.